The third-order valence-electron chi connectivity index (χ3n) is 12.9. The quantitative estimate of drug-likeness (QED) is 0.0397. The van der Waals surface area contributed by atoms with Crippen molar-refractivity contribution < 1.29 is 33.6 Å². The van der Waals surface area contributed by atoms with E-state index in [2.05, 4.69) is 41.1 Å². The molecule has 4 heterocycles. The molecule has 5 N–H and O–H groups in total. The monoisotopic (exact) mass is 1040 g/mol. The molecule has 3 atom stereocenters. The molecule has 5 aromatic rings. The van der Waals surface area contributed by atoms with E-state index in [0.717, 1.165) is 27.4 Å². The highest BCUT2D eigenvalue weighted by molar-refractivity contribution is 7.70. The summed E-state index contributed by atoms with van der Waals surface area (Å²) >= 11 is 8.04. The summed E-state index contributed by atoms with van der Waals surface area (Å²) in [5.41, 5.74) is 6.29. The number of methoxy groups -OCH3 is 1. The first kappa shape index (κ1) is 53.7. The topological polar surface area (TPSA) is 211 Å². The fraction of sp³-hybridized carbons (Fsp3) is 0.442. The number of benzene rings is 3. The number of unbranched alkanes of at least 4 members (excludes halogenated alkanes) is 2. The molecule has 3 aromatic carbocycles. The van der Waals surface area contributed by atoms with Crippen molar-refractivity contribution in [2.75, 3.05) is 68.7 Å². The second-order valence-corrected chi connectivity index (χ2v) is 24.2. The number of para-hydroxylation sites is 1. The van der Waals surface area contributed by atoms with Crippen molar-refractivity contribution in [3.05, 3.63) is 94.7 Å². The number of aliphatic hydroxyl groups is 1. The van der Waals surface area contributed by atoms with Gasteiger partial charge in [0, 0.05) is 75.6 Å². The molecule has 4 amide bonds. The van der Waals surface area contributed by atoms with Gasteiger partial charge in [0.1, 0.15) is 30.0 Å². The second kappa shape index (κ2) is 23.6. The van der Waals surface area contributed by atoms with Crippen molar-refractivity contribution in [1.82, 2.24) is 35.4 Å². The summed E-state index contributed by atoms with van der Waals surface area (Å²) in [4.78, 5) is 74.0. The molecule has 2 saturated heterocycles. The van der Waals surface area contributed by atoms with E-state index in [0.29, 0.717) is 85.1 Å². The van der Waals surface area contributed by atoms with Crippen molar-refractivity contribution in [2.45, 2.75) is 91.0 Å². The number of carbonyl (C=O) groups is 4. The van der Waals surface area contributed by atoms with Gasteiger partial charge in [-0.25, -0.2) is 9.97 Å². The van der Waals surface area contributed by atoms with E-state index in [1.807, 2.05) is 105 Å². The number of halogens is 1. The van der Waals surface area contributed by atoms with Crippen LogP contribution in [-0.2, 0) is 30.3 Å². The number of amides is 4. The summed E-state index contributed by atoms with van der Waals surface area (Å²) in [5, 5.41) is 23.9. The number of piperazine rings is 1. The van der Waals surface area contributed by atoms with E-state index in [1.54, 1.807) is 31.8 Å². The molecule has 2 aliphatic heterocycles. The highest BCUT2D eigenvalue weighted by atomic mass is 35.5. The molecule has 384 valence electrons. The molecule has 2 aliphatic rings. The van der Waals surface area contributed by atoms with Crippen molar-refractivity contribution >= 4 is 87.8 Å². The Balaban J connectivity index is 0.835. The minimum absolute atomic E-state index is 0.00402. The van der Waals surface area contributed by atoms with Gasteiger partial charge in [-0.05, 0) is 73.9 Å². The number of hydrogen-bond acceptors (Lipinski definition) is 14. The predicted molar refractivity (Wildman–Crippen MR) is 286 cm³/mol. The Labute approximate surface area is 430 Å². The average Bonchev–Trinajstić information content (AvgIpc) is 3.97. The Morgan fingerprint density at radius 3 is 2.33 bits per heavy atom. The van der Waals surface area contributed by atoms with Gasteiger partial charge in [-0.15, -0.1) is 11.3 Å². The molecule has 0 radical (unpaired) electrons. The first-order valence-corrected chi connectivity index (χ1v) is 28.1. The number of likely N-dealkylation sites (tertiary alicyclic amines) is 1. The molecule has 0 aliphatic carbocycles. The van der Waals surface area contributed by atoms with Crippen LogP contribution in [-0.4, -0.2) is 125 Å². The number of aryl methyl sites for hydroxylation is 1. The largest absolute Gasteiger partial charge is 0.494 e. The summed E-state index contributed by atoms with van der Waals surface area (Å²) in [6.07, 6.45) is 3.11. The maximum Gasteiger partial charge on any atom is 0.246 e. The number of hydrogen-bond donors (Lipinski definition) is 5. The van der Waals surface area contributed by atoms with E-state index in [-0.39, 0.29) is 49.6 Å². The van der Waals surface area contributed by atoms with Gasteiger partial charge < -0.3 is 50.4 Å². The summed E-state index contributed by atoms with van der Waals surface area (Å²) in [6.45, 7) is 13.6. The van der Waals surface area contributed by atoms with E-state index in [1.165, 1.54) is 11.1 Å². The van der Waals surface area contributed by atoms with Gasteiger partial charge in [0.05, 0.1) is 46.9 Å². The van der Waals surface area contributed by atoms with Gasteiger partial charge in [-0.2, -0.15) is 4.98 Å². The molecule has 0 bridgehead atoms. The highest BCUT2D eigenvalue weighted by Crippen LogP contribution is 2.39. The number of aliphatic hydroxyl groups excluding tert-OH is 1. The van der Waals surface area contributed by atoms with E-state index in [4.69, 9.17) is 16.3 Å². The van der Waals surface area contributed by atoms with E-state index >= 15 is 0 Å². The van der Waals surface area contributed by atoms with Gasteiger partial charge in [-0.1, -0.05) is 75.2 Å². The lowest BCUT2D eigenvalue weighted by Crippen LogP contribution is -2.57. The lowest BCUT2D eigenvalue weighted by Gasteiger charge is -2.36. The Morgan fingerprint density at radius 2 is 1.65 bits per heavy atom. The molecule has 2 fully saturated rings. The number of anilines is 5. The molecule has 72 heavy (non-hydrogen) atoms. The van der Waals surface area contributed by atoms with Crippen LogP contribution < -0.4 is 36.2 Å². The van der Waals surface area contributed by atoms with Crippen molar-refractivity contribution in [2.24, 2.45) is 5.41 Å². The number of carbonyl (C=O) groups excluding carboxylic acids is 4. The first-order chi connectivity index (χ1) is 34.3. The van der Waals surface area contributed by atoms with Gasteiger partial charge in [0.2, 0.25) is 29.6 Å². The maximum absolute atomic E-state index is 14.1. The first-order valence-electron chi connectivity index (χ1n) is 24.3. The SMILES string of the molecule is COc1cc(N2CCN(C(=O)CCCCCC(=O)NC(C(=O)N3C[C@H](O)C[C@H]3C(=O)NCc3ccc(-c4scnc4C)cc3)C(C)(C)C)CC2)ccc1Nc1ncc(Cl)c(Nc2ccccc2P(C)(C)=O)n1. The number of nitrogens with one attached hydrogen (secondary N) is 4. The highest BCUT2D eigenvalue weighted by Gasteiger charge is 2.44. The molecule has 7 rings (SSSR count). The third-order valence-corrected chi connectivity index (χ3v) is 15.7. The fourth-order valence-electron chi connectivity index (χ4n) is 8.92. The van der Waals surface area contributed by atoms with Crippen LogP contribution in [0.25, 0.3) is 10.4 Å². The van der Waals surface area contributed by atoms with Crippen LogP contribution in [0, 0.1) is 12.3 Å². The predicted octanol–water partition coefficient (Wildman–Crippen LogP) is 7.71. The summed E-state index contributed by atoms with van der Waals surface area (Å²) < 4.78 is 18.7. The lowest BCUT2D eigenvalue weighted by atomic mass is 9.85. The Hall–Kier alpha value is -6.07. The van der Waals surface area contributed by atoms with Crippen molar-refractivity contribution in [1.29, 1.82) is 0 Å². The summed E-state index contributed by atoms with van der Waals surface area (Å²) in [6, 6.07) is 19.2. The van der Waals surface area contributed by atoms with Crippen LogP contribution in [0.4, 0.5) is 28.8 Å². The smallest absolute Gasteiger partial charge is 0.246 e. The molecular weight excluding hydrogens is 975 g/mol. The molecule has 1 unspecified atom stereocenters. The van der Waals surface area contributed by atoms with Crippen LogP contribution in [0.2, 0.25) is 5.02 Å². The van der Waals surface area contributed by atoms with Crippen LogP contribution in [0.15, 0.2) is 78.4 Å². The van der Waals surface area contributed by atoms with Crippen LogP contribution >= 0.6 is 30.1 Å². The van der Waals surface area contributed by atoms with Gasteiger partial charge in [-0.3, -0.25) is 19.2 Å². The zero-order valence-electron chi connectivity index (χ0n) is 42.0. The minimum atomic E-state index is -2.58. The molecule has 20 heteroatoms. The number of ether oxygens (including phenoxy) is 1. The van der Waals surface area contributed by atoms with Crippen molar-refractivity contribution in [3.63, 3.8) is 0 Å². The number of aromatic nitrogens is 3. The van der Waals surface area contributed by atoms with Crippen molar-refractivity contribution in [3.8, 4) is 16.2 Å². The molecule has 17 nitrogen and oxygen atoms in total. The zero-order chi connectivity index (χ0) is 51.7. The van der Waals surface area contributed by atoms with Gasteiger partial charge in [0.15, 0.2) is 5.82 Å². The standard InChI is InChI=1S/C52H66ClN10O7PS/c1-33-46(72-32-56-33)35-19-17-34(18-20-35)29-54-49(67)41-28-37(64)31-63(41)50(68)47(52(2,3)4)59-44(65)15-9-8-10-16-45(66)62-25-23-61(24-26-62)36-21-22-39(42(27-36)70-5)58-51-55-30-38(53)48(60-51)57-40-13-11-12-14-43(40)71(6,7)69/h11-14,17-22,27,30,32,37,41,47,64H,8-10,15-16,23-26,28-29,31H2,1-7H3,(H,54,67)(H,59,65)(H2,55,57,58,60)/t37-,41+,47?/m1/s1. The number of rotatable bonds is 19. The Bertz CT molecular complexity index is 2770. The number of thiazole rings is 1. The van der Waals surface area contributed by atoms with Gasteiger partial charge in [0.25, 0.3) is 0 Å². The lowest BCUT2D eigenvalue weighted by molar-refractivity contribution is -0.144. The summed E-state index contributed by atoms with van der Waals surface area (Å²) in [7, 11) is -0.994. The fourth-order valence-corrected chi connectivity index (χ4v) is 11.0. The molecule has 0 saturated carbocycles. The average molecular weight is 1040 g/mol. The molecular formula is C52H66ClN10O7PS. The summed E-state index contributed by atoms with van der Waals surface area (Å²) in [5.74, 6) is 0.238. The van der Waals surface area contributed by atoms with Crippen LogP contribution in [0.3, 0.4) is 0 Å². The van der Waals surface area contributed by atoms with Gasteiger partial charge >= 0.3 is 0 Å². The van der Waals surface area contributed by atoms with Crippen LogP contribution in [0.5, 0.6) is 5.75 Å². The molecule has 0 spiro atoms. The Kier molecular flexibility index (Phi) is 17.6. The second-order valence-electron chi connectivity index (χ2n) is 19.8. The minimum Gasteiger partial charge on any atom is -0.494 e. The van der Waals surface area contributed by atoms with E-state index < -0.39 is 36.7 Å². The number of β-amino-alcohol motifs (C(OH)–C–C–N with tert-alkyl or cyclic N) is 1. The van der Waals surface area contributed by atoms with E-state index in [9.17, 15) is 28.8 Å². The molecule has 2 aromatic heterocycles. The third kappa shape index (κ3) is 13.7. The number of nitrogens with zero attached hydrogens (tertiary/aromatic N) is 6. The van der Waals surface area contributed by atoms with Crippen LogP contribution in [0.1, 0.15) is 70.6 Å². The maximum atomic E-state index is 14.1. The Morgan fingerprint density at radius 1 is 0.931 bits per heavy atom. The zero-order valence-corrected chi connectivity index (χ0v) is 44.5. The normalized spacial score (nSPS) is 16.5.